The average Bonchev–Trinajstić information content (AvgIpc) is 3.61. The summed E-state index contributed by atoms with van der Waals surface area (Å²) in [6.07, 6.45) is 0.207. The molecule has 1 aliphatic heterocycles. The summed E-state index contributed by atoms with van der Waals surface area (Å²) in [7, 11) is 0. The molecule has 0 saturated carbocycles. The Bertz CT molecular complexity index is 1770. The highest BCUT2D eigenvalue weighted by Gasteiger charge is 2.32. The number of aromatic nitrogens is 3. The maximum atomic E-state index is 12.8. The van der Waals surface area contributed by atoms with Gasteiger partial charge in [-0.25, -0.2) is 14.5 Å². The third-order valence-electron chi connectivity index (χ3n) is 6.65. The second-order valence-electron chi connectivity index (χ2n) is 10.2. The Morgan fingerprint density at radius 3 is 2.53 bits per heavy atom. The molecule has 4 aromatic rings. The fourth-order valence-electron chi connectivity index (χ4n) is 4.66. The molecule has 0 atom stereocenters. The van der Waals surface area contributed by atoms with Crippen LogP contribution in [0, 0.1) is 6.92 Å². The Morgan fingerprint density at radius 1 is 1.11 bits per heavy atom. The molecule has 3 aromatic carbocycles. The zero-order valence-electron chi connectivity index (χ0n) is 24.6. The van der Waals surface area contributed by atoms with Gasteiger partial charge in [0.15, 0.2) is 11.0 Å². The van der Waals surface area contributed by atoms with Gasteiger partial charge in [0.2, 0.25) is 5.91 Å². The van der Waals surface area contributed by atoms with Gasteiger partial charge in [-0.3, -0.25) is 9.69 Å². The lowest BCUT2D eigenvalue weighted by molar-refractivity contribution is -0.274. The summed E-state index contributed by atoms with van der Waals surface area (Å²) < 4.78 is 42.6. The Hall–Kier alpha value is -4.91. The number of allylic oxidation sites excluding steroid dienone is 1. The van der Waals surface area contributed by atoms with Gasteiger partial charge < -0.3 is 10.1 Å². The summed E-state index contributed by atoms with van der Waals surface area (Å²) in [6, 6.07) is 18.0. The molecule has 5 rings (SSSR count). The van der Waals surface area contributed by atoms with Crippen LogP contribution in [0.15, 0.2) is 83.7 Å². The number of hydrogen-bond donors (Lipinski definition) is 1. The lowest BCUT2D eigenvalue weighted by Gasteiger charge is -2.20. The van der Waals surface area contributed by atoms with Crippen molar-refractivity contribution in [3.8, 4) is 22.8 Å². The van der Waals surface area contributed by atoms with Gasteiger partial charge in [0.05, 0.1) is 17.1 Å². The zero-order chi connectivity index (χ0) is 32.1. The van der Waals surface area contributed by atoms with E-state index < -0.39 is 12.4 Å². The van der Waals surface area contributed by atoms with E-state index in [9.17, 15) is 22.8 Å². The summed E-state index contributed by atoms with van der Waals surface area (Å²) in [5, 5.41) is 7.52. The van der Waals surface area contributed by atoms with Crippen molar-refractivity contribution >= 4 is 40.6 Å². The smallest absolute Gasteiger partial charge is 0.406 e. The molecule has 1 saturated heterocycles. The van der Waals surface area contributed by atoms with E-state index in [2.05, 4.69) is 32.1 Å². The molecule has 3 amide bonds. The van der Waals surface area contributed by atoms with E-state index in [1.165, 1.54) is 51.9 Å². The van der Waals surface area contributed by atoms with E-state index >= 15 is 0 Å². The summed E-state index contributed by atoms with van der Waals surface area (Å²) in [5.74, 6) is 0.190. The van der Waals surface area contributed by atoms with Crippen molar-refractivity contribution in [2.75, 3.05) is 10.7 Å². The van der Waals surface area contributed by atoms with Gasteiger partial charge in [0.1, 0.15) is 12.1 Å². The molecule has 0 aliphatic carbocycles. The second kappa shape index (κ2) is 13.4. The first-order valence-corrected chi connectivity index (χ1v) is 15.0. The number of nitrogens with zero attached hydrogens (tertiary/aromatic N) is 5. The maximum absolute atomic E-state index is 12.8. The number of halogens is 3. The van der Waals surface area contributed by atoms with Gasteiger partial charge in [-0.2, -0.15) is 4.99 Å². The molecule has 2 heterocycles. The molecule has 1 aromatic heterocycles. The third-order valence-corrected chi connectivity index (χ3v) is 7.57. The largest absolute Gasteiger partial charge is 0.573 e. The van der Waals surface area contributed by atoms with Crippen molar-refractivity contribution < 1.29 is 27.5 Å². The summed E-state index contributed by atoms with van der Waals surface area (Å²) in [6.45, 7) is 5.78. The summed E-state index contributed by atoms with van der Waals surface area (Å²) in [4.78, 5) is 35.7. The Kier molecular flexibility index (Phi) is 9.37. The number of urea groups is 1. The van der Waals surface area contributed by atoms with Crippen molar-refractivity contribution in [1.82, 2.24) is 20.1 Å². The number of alkyl halides is 3. The first-order chi connectivity index (χ1) is 21.5. The van der Waals surface area contributed by atoms with E-state index in [1.54, 1.807) is 13.0 Å². The highest BCUT2D eigenvalue weighted by molar-refractivity contribution is 8.15. The standard InChI is InChI=1S/C32H29F3N6O3S/c1-4-5-23-9-6-20(2)16-27(23)41-28(42)18-45-31(41)38-30(43)37-21(3)17-22-7-10-24(11-8-22)29-36-19-40(39-29)25-12-14-26(15-13-25)44-32(33,34)35/h6-17,19H,4-5,18H2,1-3H3,(H,37,43)/b21-17+,38-31?. The van der Waals surface area contributed by atoms with Crippen LogP contribution in [-0.4, -0.2) is 44.0 Å². The lowest BCUT2D eigenvalue weighted by atomic mass is 10.0. The lowest BCUT2D eigenvalue weighted by Crippen LogP contribution is -2.32. The summed E-state index contributed by atoms with van der Waals surface area (Å²) >= 11 is 1.23. The average molecular weight is 635 g/mol. The fraction of sp³-hybridized carbons (Fsp3) is 0.219. The van der Waals surface area contributed by atoms with E-state index in [4.69, 9.17) is 0 Å². The first kappa shape index (κ1) is 31.5. The number of carbonyl (C=O) groups is 2. The second-order valence-corrected chi connectivity index (χ2v) is 11.2. The molecular weight excluding hydrogens is 605 g/mol. The van der Waals surface area contributed by atoms with Gasteiger partial charge in [-0.05, 0) is 73.4 Å². The minimum absolute atomic E-state index is 0.116. The monoisotopic (exact) mass is 634 g/mol. The highest BCUT2D eigenvalue weighted by Crippen LogP contribution is 2.31. The first-order valence-electron chi connectivity index (χ1n) is 14.0. The molecule has 9 nitrogen and oxygen atoms in total. The SMILES string of the molecule is CCCc1ccc(C)cc1N1C(=O)CSC1=NC(=O)N/C(C)=C/c1ccc(-c2ncn(-c3ccc(OC(F)(F)F)cc3)n2)cc1. The van der Waals surface area contributed by atoms with Crippen LogP contribution in [-0.2, 0) is 11.2 Å². The molecule has 232 valence electrons. The van der Waals surface area contributed by atoms with Crippen molar-refractivity contribution in [2.24, 2.45) is 4.99 Å². The Labute approximate surface area is 261 Å². The van der Waals surface area contributed by atoms with Crippen LogP contribution in [0.3, 0.4) is 0 Å². The number of aliphatic imine (C=N–C) groups is 1. The number of nitrogens with one attached hydrogen (secondary N) is 1. The van der Waals surface area contributed by atoms with E-state index in [-0.39, 0.29) is 17.4 Å². The Balaban J connectivity index is 1.24. The van der Waals surface area contributed by atoms with Crippen LogP contribution >= 0.6 is 11.8 Å². The molecular formula is C32H29F3N6O3S. The topological polar surface area (TPSA) is 102 Å². The molecule has 1 fully saturated rings. The highest BCUT2D eigenvalue weighted by atomic mass is 32.2. The molecule has 45 heavy (non-hydrogen) atoms. The van der Waals surface area contributed by atoms with Crippen molar-refractivity contribution in [3.05, 3.63) is 95.4 Å². The fourth-order valence-corrected chi connectivity index (χ4v) is 5.52. The van der Waals surface area contributed by atoms with Crippen molar-refractivity contribution in [2.45, 2.75) is 40.0 Å². The van der Waals surface area contributed by atoms with Crippen LogP contribution < -0.4 is 15.0 Å². The van der Waals surface area contributed by atoms with E-state index in [0.29, 0.717) is 22.4 Å². The number of hydrogen-bond acceptors (Lipinski definition) is 6. The Morgan fingerprint density at radius 2 is 1.84 bits per heavy atom. The summed E-state index contributed by atoms with van der Waals surface area (Å²) in [5.41, 5.74) is 5.40. The van der Waals surface area contributed by atoms with Crippen LogP contribution in [0.25, 0.3) is 23.2 Å². The predicted molar refractivity (Wildman–Crippen MR) is 168 cm³/mol. The minimum atomic E-state index is -4.76. The molecule has 1 aliphatic rings. The number of thioether (sulfide) groups is 1. The molecule has 0 bridgehead atoms. The van der Waals surface area contributed by atoms with Gasteiger partial charge in [-0.15, -0.1) is 18.3 Å². The normalized spacial score (nSPS) is 14.7. The number of amidine groups is 1. The third kappa shape index (κ3) is 7.98. The van der Waals surface area contributed by atoms with E-state index in [1.807, 2.05) is 49.4 Å². The molecule has 0 spiro atoms. The minimum Gasteiger partial charge on any atom is -0.406 e. The molecule has 0 radical (unpaired) electrons. The van der Waals surface area contributed by atoms with Crippen LogP contribution in [0.2, 0.25) is 0 Å². The number of rotatable bonds is 8. The molecule has 0 unspecified atom stereocenters. The number of ether oxygens (including phenoxy) is 1. The van der Waals surface area contributed by atoms with Gasteiger partial charge >= 0.3 is 12.4 Å². The van der Waals surface area contributed by atoms with E-state index in [0.717, 1.165) is 40.8 Å². The number of amides is 3. The quantitative estimate of drug-likeness (QED) is 0.218. The van der Waals surface area contributed by atoms with Gasteiger partial charge in [0.25, 0.3) is 0 Å². The number of carbonyl (C=O) groups excluding carboxylic acids is 2. The predicted octanol–water partition coefficient (Wildman–Crippen LogP) is 7.30. The van der Waals surface area contributed by atoms with Crippen LogP contribution in [0.1, 0.15) is 37.0 Å². The number of benzene rings is 3. The number of anilines is 1. The maximum Gasteiger partial charge on any atom is 0.573 e. The van der Waals surface area contributed by atoms with Crippen molar-refractivity contribution in [1.29, 1.82) is 0 Å². The van der Waals surface area contributed by atoms with Crippen molar-refractivity contribution in [3.63, 3.8) is 0 Å². The zero-order valence-corrected chi connectivity index (χ0v) is 25.4. The van der Waals surface area contributed by atoms with Crippen LogP contribution in [0.4, 0.5) is 23.7 Å². The van der Waals surface area contributed by atoms with Gasteiger partial charge in [0, 0.05) is 11.3 Å². The number of aryl methyl sites for hydroxylation is 2. The molecule has 1 N–H and O–H groups in total. The van der Waals surface area contributed by atoms with Gasteiger partial charge in [-0.1, -0.05) is 61.5 Å². The molecule has 13 heteroatoms. The van der Waals surface area contributed by atoms with Crippen LogP contribution in [0.5, 0.6) is 5.75 Å².